The van der Waals surface area contributed by atoms with Crippen molar-refractivity contribution < 1.29 is 9.53 Å². The fraction of sp³-hybridized carbons (Fsp3) is 0.929. The lowest BCUT2D eigenvalue weighted by atomic mass is 9.89. The van der Waals surface area contributed by atoms with Gasteiger partial charge in [0.1, 0.15) is 0 Å². The van der Waals surface area contributed by atoms with Crippen molar-refractivity contribution in [2.24, 2.45) is 5.92 Å². The molecule has 3 nitrogen and oxygen atoms in total. The molecule has 0 radical (unpaired) electrons. The molecule has 0 aromatic heterocycles. The van der Waals surface area contributed by atoms with Gasteiger partial charge in [0.15, 0.2) is 0 Å². The lowest BCUT2D eigenvalue weighted by molar-refractivity contribution is -0.125. The minimum atomic E-state index is 0.262. The highest BCUT2D eigenvalue weighted by Crippen LogP contribution is 2.23. The minimum absolute atomic E-state index is 0.262. The number of carbonyl (C=O) groups is 1. The summed E-state index contributed by atoms with van der Waals surface area (Å²) in [7, 11) is 0. The third kappa shape index (κ3) is 6.67. The van der Waals surface area contributed by atoms with Gasteiger partial charge >= 0.3 is 0 Å². The van der Waals surface area contributed by atoms with Gasteiger partial charge in [0.2, 0.25) is 5.91 Å². The summed E-state index contributed by atoms with van der Waals surface area (Å²) in [6, 6.07) is 0. The summed E-state index contributed by atoms with van der Waals surface area (Å²) in [5, 5.41) is 3.02. The fourth-order valence-electron chi connectivity index (χ4n) is 2.24. The standard InChI is InChI=1S/C14H27NO2/c1-2-3-11-17-12-7-10-15-14(16)13-8-5-4-6-9-13/h13H,2-12H2,1H3,(H,15,16). The number of hydrogen-bond acceptors (Lipinski definition) is 2. The Labute approximate surface area is 105 Å². The van der Waals surface area contributed by atoms with Gasteiger partial charge < -0.3 is 10.1 Å². The molecule has 1 fully saturated rings. The summed E-state index contributed by atoms with van der Waals surface area (Å²) in [5.74, 6) is 0.544. The molecule has 1 amide bonds. The number of rotatable bonds is 8. The number of nitrogens with one attached hydrogen (secondary N) is 1. The van der Waals surface area contributed by atoms with Gasteiger partial charge in [-0.1, -0.05) is 32.6 Å². The Hall–Kier alpha value is -0.570. The summed E-state index contributed by atoms with van der Waals surface area (Å²) in [4.78, 5) is 11.8. The van der Waals surface area contributed by atoms with E-state index in [0.717, 1.165) is 45.4 Å². The number of ether oxygens (including phenoxy) is 1. The highest BCUT2D eigenvalue weighted by atomic mass is 16.5. The van der Waals surface area contributed by atoms with Crippen LogP contribution in [0.4, 0.5) is 0 Å². The molecule has 1 rings (SSSR count). The summed E-state index contributed by atoms with van der Waals surface area (Å²) < 4.78 is 5.45. The fourth-order valence-corrected chi connectivity index (χ4v) is 2.24. The van der Waals surface area contributed by atoms with Crippen LogP contribution in [-0.2, 0) is 9.53 Å². The molecule has 3 heteroatoms. The van der Waals surface area contributed by atoms with Crippen LogP contribution in [-0.4, -0.2) is 25.7 Å². The lowest BCUT2D eigenvalue weighted by Crippen LogP contribution is -2.32. The van der Waals surface area contributed by atoms with E-state index in [9.17, 15) is 4.79 Å². The number of unbranched alkanes of at least 4 members (excludes halogenated alkanes) is 1. The van der Waals surface area contributed by atoms with E-state index in [-0.39, 0.29) is 11.8 Å². The van der Waals surface area contributed by atoms with Gasteiger partial charge in [0, 0.05) is 25.7 Å². The molecule has 0 spiro atoms. The van der Waals surface area contributed by atoms with Gasteiger partial charge in [-0.2, -0.15) is 0 Å². The van der Waals surface area contributed by atoms with Gasteiger partial charge in [-0.15, -0.1) is 0 Å². The first kappa shape index (κ1) is 14.5. The molecule has 0 atom stereocenters. The summed E-state index contributed by atoms with van der Waals surface area (Å²) >= 11 is 0. The Morgan fingerprint density at radius 1 is 1.18 bits per heavy atom. The molecule has 17 heavy (non-hydrogen) atoms. The second-order valence-corrected chi connectivity index (χ2v) is 4.95. The number of carbonyl (C=O) groups excluding carboxylic acids is 1. The first-order valence-electron chi connectivity index (χ1n) is 7.20. The van der Waals surface area contributed by atoms with Gasteiger partial charge in [-0.05, 0) is 25.7 Å². The van der Waals surface area contributed by atoms with Crippen LogP contribution in [0, 0.1) is 5.92 Å². The van der Waals surface area contributed by atoms with Gasteiger partial charge in [0.25, 0.3) is 0 Å². The van der Waals surface area contributed by atoms with Crippen LogP contribution in [0.1, 0.15) is 58.3 Å². The Morgan fingerprint density at radius 3 is 2.59 bits per heavy atom. The van der Waals surface area contributed by atoms with Crippen molar-refractivity contribution in [3.63, 3.8) is 0 Å². The van der Waals surface area contributed by atoms with E-state index in [1.165, 1.54) is 25.7 Å². The zero-order valence-corrected chi connectivity index (χ0v) is 11.2. The molecule has 1 saturated carbocycles. The van der Waals surface area contributed by atoms with E-state index in [0.29, 0.717) is 0 Å². The molecule has 1 N–H and O–H groups in total. The maximum atomic E-state index is 11.8. The predicted octanol–water partition coefficient (Wildman–Crippen LogP) is 2.89. The van der Waals surface area contributed by atoms with Crippen molar-refractivity contribution in [3.8, 4) is 0 Å². The molecule has 0 heterocycles. The molecule has 0 aromatic rings. The highest BCUT2D eigenvalue weighted by molar-refractivity contribution is 5.78. The summed E-state index contributed by atoms with van der Waals surface area (Å²) in [6.45, 7) is 4.55. The Kier molecular flexibility index (Phi) is 8.06. The van der Waals surface area contributed by atoms with Crippen molar-refractivity contribution in [1.82, 2.24) is 5.32 Å². The van der Waals surface area contributed by atoms with Crippen LogP contribution in [0.2, 0.25) is 0 Å². The van der Waals surface area contributed by atoms with Crippen LogP contribution in [0.25, 0.3) is 0 Å². The van der Waals surface area contributed by atoms with Gasteiger partial charge in [0.05, 0.1) is 0 Å². The smallest absolute Gasteiger partial charge is 0.223 e. The minimum Gasteiger partial charge on any atom is -0.381 e. The average Bonchev–Trinajstić information content (AvgIpc) is 2.38. The number of hydrogen-bond donors (Lipinski definition) is 1. The largest absolute Gasteiger partial charge is 0.381 e. The molecule has 0 bridgehead atoms. The van der Waals surface area contributed by atoms with E-state index in [1.807, 2.05) is 0 Å². The quantitative estimate of drug-likeness (QED) is 0.664. The number of amides is 1. The van der Waals surface area contributed by atoms with Crippen molar-refractivity contribution in [2.45, 2.75) is 58.3 Å². The maximum absolute atomic E-state index is 11.8. The third-order valence-electron chi connectivity index (χ3n) is 3.38. The molecule has 0 unspecified atom stereocenters. The normalized spacial score (nSPS) is 17.0. The zero-order valence-electron chi connectivity index (χ0n) is 11.2. The summed E-state index contributed by atoms with van der Waals surface area (Å²) in [6.07, 6.45) is 9.15. The lowest BCUT2D eigenvalue weighted by Gasteiger charge is -2.20. The van der Waals surface area contributed by atoms with Crippen LogP contribution in [0.3, 0.4) is 0 Å². The molecular weight excluding hydrogens is 214 g/mol. The SMILES string of the molecule is CCCCOCCCNC(=O)C1CCCCC1. The molecule has 0 aromatic carbocycles. The van der Waals surface area contributed by atoms with Crippen molar-refractivity contribution in [3.05, 3.63) is 0 Å². The summed E-state index contributed by atoms with van der Waals surface area (Å²) in [5.41, 5.74) is 0. The molecule has 0 saturated heterocycles. The third-order valence-corrected chi connectivity index (χ3v) is 3.38. The molecule has 1 aliphatic rings. The van der Waals surface area contributed by atoms with Crippen LogP contribution in [0.15, 0.2) is 0 Å². The van der Waals surface area contributed by atoms with E-state index >= 15 is 0 Å². The second kappa shape index (κ2) is 9.46. The molecular formula is C14H27NO2. The van der Waals surface area contributed by atoms with E-state index in [2.05, 4.69) is 12.2 Å². The van der Waals surface area contributed by atoms with Crippen molar-refractivity contribution in [2.75, 3.05) is 19.8 Å². The van der Waals surface area contributed by atoms with E-state index in [1.54, 1.807) is 0 Å². The average molecular weight is 241 g/mol. The van der Waals surface area contributed by atoms with Gasteiger partial charge in [-0.25, -0.2) is 0 Å². The zero-order chi connectivity index (χ0) is 12.3. The Morgan fingerprint density at radius 2 is 1.88 bits per heavy atom. The molecule has 100 valence electrons. The van der Waals surface area contributed by atoms with Crippen molar-refractivity contribution >= 4 is 5.91 Å². The second-order valence-electron chi connectivity index (χ2n) is 4.95. The first-order chi connectivity index (χ1) is 8.34. The molecule has 1 aliphatic carbocycles. The van der Waals surface area contributed by atoms with Crippen molar-refractivity contribution in [1.29, 1.82) is 0 Å². The van der Waals surface area contributed by atoms with Crippen LogP contribution >= 0.6 is 0 Å². The Balaban J connectivity index is 1.92. The van der Waals surface area contributed by atoms with Crippen LogP contribution in [0.5, 0.6) is 0 Å². The van der Waals surface area contributed by atoms with E-state index in [4.69, 9.17) is 4.74 Å². The van der Waals surface area contributed by atoms with Gasteiger partial charge in [-0.3, -0.25) is 4.79 Å². The first-order valence-corrected chi connectivity index (χ1v) is 7.20. The predicted molar refractivity (Wildman–Crippen MR) is 69.9 cm³/mol. The molecule has 0 aliphatic heterocycles. The monoisotopic (exact) mass is 241 g/mol. The maximum Gasteiger partial charge on any atom is 0.223 e. The topological polar surface area (TPSA) is 38.3 Å². The highest BCUT2D eigenvalue weighted by Gasteiger charge is 2.20. The van der Waals surface area contributed by atoms with Crippen LogP contribution < -0.4 is 5.32 Å². The Bertz CT molecular complexity index is 200. The van der Waals surface area contributed by atoms with E-state index < -0.39 is 0 Å².